The van der Waals surface area contributed by atoms with Crippen LogP contribution in [0.3, 0.4) is 0 Å². The average Bonchev–Trinajstić information content (AvgIpc) is 2.87. The van der Waals surface area contributed by atoms with Gasteiger partial charge in [0.15, 0.2) is 0 Å². The molecule has 0 spiro atoms. The second kappa shape index (κ2) is 9.84. The second-order valence-corrected chi connectivity index (χ2v) is 9.90. The van der Waals surface area contributed by atoms with E-state index in [2.05, 4.69) is 77.5 Å². The van der Waals surface area contributed by atoms with Gasteiger partial charge in [0.05, 0.1) is 12.2 Å². The summed E-state index contributed by atoms with van der Waals surface area (Å²) in [6.45, 7) is 14.3. The maximum Gasteiger partial charge on any atom is 0.246 e. The second-order valence-electron chi connectivity index (χ2n) is 8.70. The number of nitrogens with zero attached hydrogens (tertiary/aromatic N) is 6. The van der Waals surface area contributed by atoms with E-state index in [1.165, 1.54) is 16.8 Å². The number of hydrogen-bond donors (Lipinski definition) is 0. The van der Waals surface area contributed by atoms with Crippen molar-refractivity contribution in [3.8, 4) is 0 Å². The molecule has 2 aromatic carbocycles. The van der Waals surface area contributed by atoms with Gasteiger partial charge >= 0.3 is 0 Å². The van der Waals surface area contributed by atoms with Crippen molar-refractivity contribution in [3.63, 3.8) is 0 Å². The number of aromatic nitrogens is 2. The average molecular weight is 552 g/mol. The number of hydrogen-bond acceptors (Lipinski definition) is 5. The highest BCUT2D eigenvalue weighted by Gasteiger charge is 2.34. The molecule has 9 heteroatoms. The van der Waals surface area contributed by atoms with Gasteiger partial charge in [-0.1, -0.05) is 46.8 Å². The molecule has 35 heavy (non-hydrogen) atoms. The van der Waals surface area contributed by atoms with Crippen molar-refractivity contribution in [2.24, 2.45) is 0 Å². The smallest absolute Gasteiger partial charge is 0.246 e. The third kappa shape index (κ3) is 4.46. The Morgan fingerprint density at radius 1 is 1.20 bits per heavy atom. The molecule has 178 valence electrons. The highest BCUT2D eigenvalue weighted by Crippen LogP contribution is 2.37. The first-order valence-corrected chi connectivity index (χ1v) is 12.7. The number of halogens is 2. The fraction of sp³-hybridized carbons (Fsp3) is 0.308. The quantitative estimate of drug-likeness (QED) is 0.267. The monoisotopic (exact) mass is 550 g/mol. The molecule has 1 saturated heterocycles. The van der Waals surface area contributed by atoms with E-state index in [4.69, 9.17) is 18.2 Å². The maximum atomic E-state index is 12.3. The molecule has 0 aliphatic carbocycles. The Kier molecular flexibility index (Phi) is 6.63. The number of carbonyl (C=O) groups is 1. The highest BCUT2D eigenvalue weighted by atomic mass is 79.9. The van der Waals surface area contributed by atoms with E-state index in [0.29, 0.717) is 26.2 Å². The van der Waals surface area contributed by atoms with E-state index in [1.807, 2.05) is 6.07 Å². The van der Waals surface area contributed by atoms with E-state index in [0.717, 1.165) is 40.2 Å². The van der Waals surface area contributed by atoms with Crippen LogP contribution in [0.2, 0.25) is 5.28 Å². The van der Waals surface area contributed by atoms with Crippen LogP contribution in [0.15, 0.2) is 53.5 Å². The van der Waals surface area contributed by atoms with Gasteiger partial charge in [-0.2, -0.15) is 0 Å². The molecule has 1 atom stereocenters. The topological polar surface area (TPSA) is 56.9 Å². The molecular formula is C26H24BrClN6O. The van der Waals surface area contributed by atoms with Crippen LogP contribution in [0.4, 0.5) is 11.5 Å². The molecule has 0 saturated carbocycles. The minimum atomic E-state index is -0.218. The summed E-state index contributed by atoms with van der Waals surface area (Å²) in [5.41, 5.74) is 3.17. The lowest BCUT2D eigenvalue weighted by Crippen LogP contribution is -2.56. The predicted octanol–water partition coefficient (Wildman–Crippen LogP) is 4.73. The number of amides is 1. The summed E-state index contributed by atoms with van der Waals surface area (Å²) in [5, 5.41) is 2.58. The standard InChI is InChI=1S/C26H24BrClN6O/c1-3-23(35)34-13-12-33(15-18(34)14-29-2)25-19-10-11-32(16-21(19)30-26(28)31-25)22-9-5-7-17-6-4-8-20(27)24(17)22/h3-9,18H,1,10-16H2/t18-/m0/s1. The summed E-state index contributed by atoms with van der Waals surface area (Å²) in [5.74, 6) is 0.678. The van der Waals surface area contributed by atoms with Gasteiger partial charge in [0, 0.05) is 47.3 Å². The molecule has 0 radical (unpaired) electrons. The molecule has 1 amide bonds. The van der Waals surface area contributed by atoms with Crippen LogP contribution in [0.5, 0.6) is 0 Å². The van der Waals surface area contributed by atoms with Gasteiger partial charge in [-0.3, -0.25) is 4.79 Å². The van der Waals surface area contributed by atoms with Crippen molar-refractivity contribution in [1.29, 1.82) is 0 Å². The largest absolute Gasteiger partial charge is 0.365 e. The predicted molar refractivity (Wildman–Crippen MR) is 143 cm³/mol. The maximum absolute atomic E-state index is 12.3. The zero-order chi connectivity index (χ0) is 24.5. The van der Waals surface area contributed by atoms with Crippen molar-refractivity contribution < 1.29 is 4.79 Å². The van der Waals surface area contributed by atoms with Crippen molar-refractivity contribution in [2.75, 3.05) is 42.5 Å². The minimum absolute atomic E-state index is 0.141. The molecule has 2 aliphatic heterocycles. The molecule has 3 heterocycles. The Bertz CT molecular complexity index is 1350. The van der Waals surface area contributed by atoms with E-state index in [1.54, 1.807) is 4.90 Å². The number of piperazine rings is 1. The molecule has 0 bridgehead atoms. The summed E-state index contributed by atoms with van der Waals surface area (Å²) in [6, 6.07) is 12.4. The lowest BCUT2D eigenvalue weighted by molar-refractivity contribution is -0.128. The molecule has 1 fully saturated rings. The third-order valence-corrected chi connectivity index (χ3v) is 7.56. The Labute approximate surface area is 218 Å². The van der Waals surface area contributed by atoms with Gasteiger partial charge < -0.3 is 19.5 Å². The first-order valence-electron chi connectivity index (χ1n) is 11.5. The van der Waals surface area contributed by atoms with Crippen molar-refractivity contribution in [3.05, 3.63) is 81.5 Å². The van der Waals surface area contributed by atoms with Crippen LogP contribution in [0.25, 0.3) is 15.6 Å². The van der Waals surface area contributed by atoms with Crippen LogP contribution in [-0.2, 0) is 17.8 Å². The Morgan fingerprint density at radius 2 is 2.00 bits per heavy atom. The molecule has 3 aromatic rings. The summed E-state index contributed by atoms with van der Waals surface area (Å²) in [4.78, 5) is 31.3. The van der Waals surface area contributed by atoms with E-state index < -0.39 is 0 Å². The van der Waals surface area contributed by atoms with Gasteiger partial charge in [0.1, 0.15) is 11.9 Å². The van der Waals surface area contributed by atoms with Crippen LogP contribution >= 0.6 is 27.5 Å². The Hall–Kier alpha value is -3.15. The van der Waals surface area contributed by atoms with Crippen LogP contribution in [-0.4, -0.2) is 59.5 Å². The molecular weight excluding hydrogens is 528 g/mol. The lowest BCUT2D eigenvalue weighted by atomic mass is 10.0. The lowest BCUT2D eigenvalue weighted by Gasteiger charge is -2.41. The molecule has 0 N–H and O–H groups in total. The number of rotatable bonds is 4. The van der Waals surface area contributed by atoms with Crippen LogP contribution in [0.1, 0.15) is 11.3 Å². The summed E-state index contributed by atoms with van der Waals surface area (Å²) in [7, 11) is 0. The first kappa shape index (κ1) is 23.6. The summed E-state index contributed by atoms with van der Waals surface area (Å²) < 4.78 is 1.07. The molecule has 5 rings (SSSR count). The molecule has 1 aromatic heterocycles. The number of anilines is 2. The summed E-state index contributed by atoms with van der Waals surface area (Å²) >= 11 is 10.1. The summed E-state index contributed by atoms with van der Waals surface area (Å²) in [6.07, 6.45) is 2.10. The zero-order valence-electron chi connectivity index (χ0n) is 19.1. The Morgan fingerprint density at radius 3 is 2.77 bits per heavy atom. The van der Waals surface area contributed by atoms with Crippen LogP contribution in [0, 0.1) is 6.57 Å². The molecule has 2 aliphatic rings. The van der Waals surface area contributed by atoms with E-state index >= 15 is 0 Å². The zero-order valence-corrected chi connectivity index (χ0v) is 21.5. The normalized spacial score (nSPS) is 17.7. The highest BCUT2D eigenvalue weighted by molar-refractivity contribution is 9.10. The van der Waals surface area contributed by atoms with Gasteiger partial charge in [0.25, 0.3) is 0 Å². The molecule has 7 nitrogen and oxygen atoms in total. The van der Waals surface area contributed by atoms with Gasteiger partial charge in [-0.15, -0.1) is 0 Å². The Balaban J connectivity index is 1.46. The van der Waals surface area contributed by atoms with E-state index in [9.17, 15) is 4.79 Å². The fourth-order valence-electron chi connectivity index (χ4n) is 5.10. The van der Waals surface area contributed by atoms with Gasteiger partial charge in [-0.25, -0.2) is 16.5 Å². The SMILES string of the molecule is [C-]#[N+]C[C@H]1CN(c2nc(Cl)nc3c2CCN(c2cccc4cccc(Br)c24)C3)CCN1C(=O)C=C. The fourth-order valence-corrected chi connectivity index (χ4v) is 5.87. The number of fused-ring (bicyclic) bond motifs is 2. The molecule has 0 unspecified atom stereocenters. The number of carbonyl (C=O) groups excluding carboxylic acids is 1. The van der Waals surface area contributed by atoms with Crippen LogP contribution < -0.4 is 9.80 Å². The van der Waals surface area contributed by atoms with Crippen molar-refractivity contribution in [1.82, 2.24) is 14.9 Å². The minimum Gasteiger partial charge on any atom is -0.365 e. The van der Waals surface area contributed by atoms with E-state index in [-0.39, 0.29) is 23.8 Å². The van der Waals surface area contributed by atoms with Crippen molar-refractivity contribution >= 4 is 55.7 Å². The van der Waals surface area contributed by atoms with Crippen molar-refractivity contribution in [2.45, 2.75) is 19.0 Å². The van der Waals surface area contributed by atoms with Gasteiger partial charge in [0.2, 0.25) is 17.7 Å². The number of benzene rings is 2. The van der Waals surface area contributed by atoms with Gasteiger partial charge in [-0.05, 0) is 41.6 Å². The first-order chi connectivity index (χ1) is 17.0. The third-order valence-electron chi connectivity index (χ3n) is 6.73.